The van der Waals surface area contributed by atoms with Crippen LogP contribution in [0.5, 0.6) is 0 Å². The number of anilines is 1. The van der Waals surface area contributed by atoms with Crippen molar-refractivity contribution in [3.05, 3.63) is 83.9 Å². The van der Waals surface area contributed by atoms with E-state index in [-0.39, 0.29) is 11.4 Å². The van der Waals surface area contributed by atoms with E-state index in [1.165, 1.54) is 30.2 Å². The second-order valence-corrected chi connectivity index (χ2v) is 13.8. The third kappa shape index (κ3) is 6.42. The van der Waals surface area contributed by atoms with Crippen molar-refractivity contribution >= 4 is 33.4 Å². The average Bonchev–Trinajstić information content (AvgIpc) is 2.91. The molecule has 0 spiro atoms. The summed E-state index contributed by atoms with van der Waals surface area (Å²) in [5, 5.41) is 13.2. The molecule has 0 radical (unpaired) electrons. The molecular weight excluding hydrogens is 516 g/mol. The highest BCUT2D eigenvalue weighted by Crippen LogP contribution is 2.38. The van der Waals surface area contributed by atoms with Crippen molar-refractivity contribution in [2.75, 3.05) is 17.6 Å². The lowest BCUT2D eigenvalue weighted by atomic mass is 10.0. The number of hydrogen-bond donors (Lipinski definition) is 2. The molecule has 1 fully saturated rings. The molecule has 38 heavy (non-hydrogen) atoms. The fraction of sp³-hybridized carbons (Fsp3) is 0.367. The number of carbonyl (C=O) groups is 1. The summed E-state index contributed by atoms with van der Waals surface area (Å²) in [6, 6.07) is 22.4. The minimum atomic E-state index is -3.94. The molecule has 6 nitrogen and oxygen atoms in total. The predicted molar refractivity (Wildman–Crippen MR) is 156 cm³/mol. The van der Waals surface area contributed by atoms with E-state index < -0.39 is 26.8 Å². The standard InChI is InChI=1S/C30H36N2O4S2/c1-4-5-6-22-9-15-26(16-10-22)31-21-23-7-11-24(12-8-23)25-13-17-27(18-14-25)38(35,36)32-19-20-37-30(2,3)28(32)29(33)34/h7-18,28,31H,4-6,19-21H2,1-3H3,(H,33,34). The maximum absolute atomic E-state index is 13.4. The highest BCUT2D eigenvalue weighted by molar-refractivity contribution is 8.00. The van der Waals surface area contributed by atoms with Crippen molar-refractivity contribution < 1.29 is 18.3 Å². The fourth-order valence-corrected chi connectivity index (χ4v) is 7.87. The summed E-state index contributed by atoms with van der Waals surface area (Å²) >= 11 is 1.49. The molecule has 1 unspecified atom stereocenters. The highest BCUT2D eigenvalue weighted by Gasteiger charge is 2.48. The van der Waals surface area contributed by atoms with Gasteiger partial charge in [-0.3, -0.25) is 4.79 Å². The van der Waals surface area contributed by atoms with E-state index in [0.717, 1.165) is 33.1 Å². The third-order valence-electron chi connectivity index (χ3n) is 6.98. The predicted octanol–water partition coefficient (Wildman–Crippen LogP) is 6.28. The van der Waals surface area contributed by atoms with Gasteiger partial charge < -0.3 is 10.4 Å². The number of aryl methyl sites for hydroxylation is 1. The van der Waals surface area contributed by atoms with Crippen LogP contribution in [-0.2, 0) is 27.8 Å². The van der Waals surface area contributed by atoms with Crippen molar-refractivity contribution in [2.24, 2.45) is 0 Å². The summed E-state index contributed by atoms with van der Waals surface area (Å²) in [6.45, 7) is 6.65. The van der Waals surface area contributed by atoms with Crippen LogP contribution in [0.2, 0.25) is 0 Å². The summed E-state index contributed by atoms with van der Waals surface area (Å²) in [5.74, 6) is -0.569. The Morgan fingerprint density at radius 3 is 2.13 bits per heavy atom. The number of nitrogens with zero attached hydrogens (tertiary/aromatic N) is 1. The lowest BCUT2D eigenvalue weighted by Crippen LogP contribution is -2.58. The fourth-order valence-electron chi connectivity index (χ4n) is 4.78. The van der Waals surface area contributed by atoms with Crippen molar-refractivity contribution in [3.63, 3.8) is 0 Å². The molecule has 4 rings (SSSR count). The molecule has 0 amide bonds. The van der Waals surface area contributed by atoms with Gasteiger partial charge in [0.25, 0.3) is 0 Å². The quantitative estimate of drug-likeness (QED) is 0.308. The molecule has 1 heterocycles. The molecule has 0 aromatic heterocycles. The zero-order valence-corrected chi connectivity index (χ0v) is 23.8. The molecule has 3 aromatic carbocycles. The first-order valence-electron chi connectivity index (χ1n) is 13.0. The zero-order chi connectivity index (χ0) is 27.3. The number of benzene rings is 3. The Hall–Kier alpha value is -2.81. The Kier molecular flexibility index (Phi) is 8.85. The molecule has 1 saturated heterocycles. The van der Waals surface area contributed by atoms with Gasteiger partial charge in [-0.2, -0.15) is 16.1 Å². The van der Waals surface area contributed by atoms with Gasteiger partial charge in [-0.15, -0.1) is 0 Å². The van der Waals surface area contributed by atoms with Crippen molar-refractivity contribution in [1.29, 1.82) is 0 Å². The third-order valence-corrected chi connectivity index (χ3v) is 10.2. The number of carboxylic acids is 1. The average molecular weight is 553 g/mol. The van der Waals surface area contributed by atoms with Crippen LogP contribution in [0.1, 0.15) is 44.7 Å². The van der Waals surface area contributed by atoms with Crippen LogP contribution in [0, 0.1) is 0 Å². The van der Waals surface area contributed by atoms with Crippen molar-refractivity contribution in [2.45, 2.75) is 62.3 Å². The second-order valence-electron chi connectivity index (χ2n) is 10.2. The normalized spacial score (nSPS) is 17.7. The van der Waals surface area contributed by atoms with Gasteiger partial charge in [0.1, 0.15) is 6.04 Å². The van der Waals surface area contributed by atoms with Crippen LogP contribution in [0.4, 0.5) is 5.69 Å². The van der Waals surface area contributed by atoms with Gasteiger partial charge in [0, 0.05) is 29.3 Å². The smallest absolute Gasteiger partial charge is 0.323 e. The van der Waals surface area contributed by atoms with Gasteiger partial charge in [0.05, 0.1) is 4.90 Å². The summed E-state index contributed by atoms with van der Waals surface area (Å²) in [5.41, 5.74) is 5.48. The lowest BCUT2D eigenvalue weighted by molar-refractivity contribution is -0.142. The minimum absolute atomic E-state index is 0.108. The van der Waals surface area contributed by atoms with E-state index in [9.17, 15) is 18.3 Å². The van der Waals surface area contributed by atoms with Crippen LogP contribution in [0.3, 0.4) is 0 Å². The molecule has 1 aliphatic heterocycles. The van der Waals surface area contributed by atoms with Gasteiger partial charge in [0.2, 0.25) is 10.0 Å². The van der Waals surface area contributed by atoms with E-state index in [0.29, 0.717) is 12.3 Å². The molecule has 2 N–H and O–H groups in total. The molecule has 8 heteroatoms. The number of carboxylic acid groups (broad SMARTS) is 1. The van der Waals surface area contributed by atoms with E-state index >= 15 is 0 Å². The number of hydrogen-bond acceptors (Lipinski definition) is 5. The number of thioether (sulfide) groups is 1. The maximum Gasteiger partial charge on any atom is 0.323 e. The van der Waals surface area contributed by atoms with Gasteiger partial charge in [-0.05, 0) is 73.2 Å². The van der Waals surface area contributed by atoms with Crippen molar-refractivity contribution in [1.82, 2.24) is 4.31 Å². The lowest BCUT2D eigenvalue weighted by Gasteiger charge is -2.42. The molecular formula is C30H36N2O4S2. The molecule has 1 aliphatic rings. The van der Waals surface area contributed by atoms with Crippen LogP contribution < -0.4 is 5.32 Å². The number of unbranched alkanes of at least 4 members (excludes halogenated alkanes) is 1. The number of aliphatic carboxylic acids is 1. The first-order valence-corrected chi connectivity index (χ1v) is 15.4. The minimum Gasteiger partial charge on any atom is -0.480 e. The Bertz CT molecular complexity index is 1340. The van der Waals surface area contributed by atoms with Crippen molar-refractivity contribution in [3.8, 4) is 11.1 Å². The number of rotatable bonds is 10. The van der Waals surface area contributed by atoms with Gasteiger partial charge in [0.15, 0.2) is 0 Å². The Labute approximate surface area is 230 Å². The van der Waals surface area contributed by atoms with Crippen LogP contribution in [-0.4, -0.2) is 46.9 Å². The van der Waals surface area contributed by atoms with E-state index in [4.69, 9.17) is 0 Å². The van der Waals surface area contributed by atoms with Gasteiger partial charge >= 0.3 is 5.97 Å². The number of nitrogens with one attached hydrogen (secondary N) is 1. The molecule has 1 atom stereocenters. The molecule has 202 valence electrons. The number of sulfonamides is 1. The molecule has 0 aliphatic carbocycles. The topological polar surface area (TPSA) is 86.7 Å². The van der Waals surface area contributed by atoms with Crippen LogP contribution in [0.15, 0.2) is 77.7 Å². The molecule has 3 aromatic rings. The van der Waals surface area contributed by atoms with Crippen LogP contribution in [0.25, 0.3) is 11.1 Å². The van der Waals surface area contributed by atoms with E-state index in [1.54, 1.807) is 38.1 Å². The summed E-state index contributed by atoms with van der Waals surface area (Å²) < 4.78 is 27.2. The Balaban J connectivity index is 1.42. The highest BCUT2D eigenvalue weighted by atomic mass is 32.2. The van der Waals surface area contributed by atoms with Gasteiger partial charge in [-0.1, -0.05) is 61.9 Å². The Morgan fingerprint density at radius 2 is 1.55 bits per heavy atom. The Morgan fingerprint density at radius 1 is 0.974 bits per heavy atom. The van der Waals surface area contributed by atoms with Crippen LogP contribution >= 0.6 is 11.8 Å². The zero-order valence-electron chi connectivity index (χ0n) is 22.2. The first-order chi connectivity index (χ1) is 18.1. The van der Waals surface area contributed by atoms with E-state index in [1.807, 2.05) is 12.1 Å². The summed E-state index contributed by atoms with van der Waals surface area (Å²) in [6.07, 6.45) is 3.52. The summed E-state index contributed by atoms with van der Waals surface area (Å²) in [4.78, 5) is 12.1. The largest absolute Gasteiger partial charge is 0.480 e. The SMILES string of the molecule is CCCCc1ccc(NCc2ccc(-c3ccc(S(=O)(=O)N4CCSC(C)(C)C4C(=O)O)cc3)cc2)cc1. The monoisotopic (exact) mass is 552 g/mol. The second kappa shape index (κ2) is 11.9. The maximum atomic E-state index is 13.4. The molecule has 0 saturated carbocycles. The van der Waals surface area contributed by atoms with E-state index in [2.05, 4.69) is 48.6 Å². The van der Waals surface area contributed by atoms with Gasteiger partial charge in [-0.25, -0.2) is 8.42 Å². The summed E-state index contributed by atoms with van der Waals surface area (Å²) in [7, 11) is -3.94. The molecule has 0 bridgehead atoms. The first kappa shape index (κ1) is 28.2.